The molecular weight excluding hydrogens is 360 g/mol. The van der Waals surface area contributed by atoms with E-state index in [1.807, 2.05) is 60.1 Å². The molecule has 2 heterocycles. The molecule has 136 valence electrons. The van der Waals surface area contributed by atoms with Gasteiger partial charge in [0, 0.05) is 37.0 Å². The van der Waals surface area contributed by atoms with Crippen molar-refractivity contribution in [2.24, 2.45) is 7.05 Å². The van der Waals surface area contributed by atoms with E-state index in [1.165, 1.54) is 0 Å². The van der Waals surface area contributed by atoms with Crippen LogP contribution in [0.15, 0.2) is 54.7 Å². The molecule has 0 aliphatic heterocycles. The van der Waals surface area contributed by atoms with E-state index in [2.05, 4.69) is 15.8 Å². The van der Waals surface area contributed by atoms with Gasteiger partial charge in [0.15, 0.2) is 0 Å². The molecule has 6 nitrogen and oxygen atoms in total. The van der Waals surface area contributed by atoms with Crippen LogP contribution in [0.25, 0.3) is 21.1 Å². The molecule has 0 radical (unpaired) electrons. The fourth-order valence-corrected chi connectivity index (χ4v) is 3.99. The Morgan fingerprint density at radius 3 is 2.70 bits per heavy atom. The summed E-state index contributed by atoms with van der Waals surface area (Å²) in [6.45, 7) is 0. The zero-order valence-corrected chi connectivity index (χ0v) is 15.5. The number of benzene rings is 2. The molecule has 0 saturated carbocycles. The lowest BCUT2D eigenvalue weighted by atomic mass is 10.2. The molecule has 0 fully saturated rings. The number of rotatable bonds is 4. The lowest BCUT2D eigenvalue weighted by molar-refractivity contribution is -0.121. The van der Waals surface area contributed by atoms with E-state index in [0.29, 0.717) is 12.0 Å². The molecule has 4 rings (SSSR count). The van der Waals surface area contributed by atoms with E-state index >= 15 is 0 Å². The summed E-state index contributed by atoms with van der Waals surface area (Å²) in [7, 11) is 1.88. The van der Waals surface area contributed by atoms with E-state index in [9.17, 15) is 9.59 Å². The van der Waals surface area contributed by atoms with Crippen molar-refractivity contribution >= 4 is 44.3 Å². The first-order chi connectivity index (χ1) is 13.1. The highest BCUT2D eigenvalue weighted by molar-refractivity contribution is 7.18. The molecule has 0 saturated heterocycles. The van der Waals surface area contributed by atoms with Crippen LogP contribution in [-0.2, 0) is 18.3 Å². The molecule has 2 aromatic heterocycles. The van der Waals surface area contributed by atoms with Crippen molar-refractivity contribution in [2.75, 3.05) is 0 Å². The summed E-state index contributed by atoms with van der Waals surface area (Å²) < 4.78 is 3.00. The number of aryl methyl sites for hydroxylation is 2. The molecule has 7 heteroatoms. The molecule has 2 amide bonds. The third-order valence-corrected chi connectivity index (χ3v) is 5.46. The fourth-order valence-electron chi connectivity index (χ4n) is 3.03. The van der Waals surface area contributed by atoms with Gasteiger partial charge in [0.25, 0.3) is 5.91 Å². The van der Waals surface area contributed by atoms with Crippen molar-refractivity contribution in [1.29, 1.82) is 0 Å². The molecule has 0 aliphatic carbocycles. The molecule has 2 N–H and O–H groups in total. The third kappa shape index (κ3) is 3.54. The summed E-state index contributed by atoms with van der Waals surface area (Å²) >= 11 is 1.58. The van der Waals surface area contributed by atoms with Gasteiger partial charge in [-0.2, -0.15) is 0 Å². The Morgan fingerprint density at radius 1 is 1.07 bits per heavy atom. The quantitative estimate of drug-likeness (QED) is 0.536. The van der Waals surface area contributed by atoms with Crippen LogP contribution in [0.3, 0.4) is 0 Å². The Labute approximate surface area is 159 Å². The number of fused-ring (bicyclic) bond motifs is 2. The molecule has 4 aromatic rings. The minimum Gasteiger partial charge on any atom is -0.350 e. The maximum Gasteiger partial charge on any atom is 0.271 e. The number of nitrogens with zero attached hydrogens (tertiary/aromatic N) is 2. The van der Waals surface area contributed by atoms with Crippen molar-refractivity contribution in [2.45, 2.75) is 12.8 Å². The molecule has 0 atom stereocenters. The number of hydrogen-bond donors (Lipinski definition) is 2. The van der Waals surface area contributed by atoms with Crippen molar-refractivity contribution in [1.82, 2.24) is 20.4 Å². The second-order valence-electron chi connectivity index (χ2n) is 6.25. The van der Waals surface area contributed by atoms with Crippen molar-refractivity contribution in [3.8, 4) is 0 Å². The number of aromatic nitrogens is 2. The monoisotopic (exact) mass is 378 g/mol. The number of carbonyl (C=O) groups is 2. The molecule has 2 aromatic carbocycles. The predicted molar refractivity (Wildman–Crippen MR) is 106 cm³/mol. The number of hydrazine groups is 1. The van der Waals surface area contributed by atoms with Gasteiger partial charge in [0.1, 0.15) is 0 Å². The van der Waals surface area contributed by atoms with Crippen molar-refractivity contribution in [3.05, 3.63) is 65.3 Å². The van der Waals surface area contributed by atoms with Gasteiger partial charge in [0.05, 0.1) is 20.8 Å². The van der Waals surface area contributed by atoms with Crippen LogP contribution in [0.1, 0.15) is 21.8 Å². The summed E-state index contributed by atoms with van der Waals surface area (Å²) in [4.78, 5) is 29.0. The summed E-state index contributed by atoms with van der Waals surface area (Å²) in [5.74, 6) is -0.581. The number of para-hydroxylation sites is 2. The highest BCUT2D eigenvalue weighted by Crippen LogP contribution is 2.22. The second-order valence-corrected chi connectivity index (χ2v) is 7.36. The van der Waals surface area contributed by atoms with Crippen LogP contribution >= 0.6 is 11.3 Å². The van der Waals surface area contributed by atoms with Crippen LogP contribution in [0.2, 0.25) is 0 Å². The van der Waals surface area contributed by atoms with Crippen LogP contribution in [0, 0.1) is 0 Å². The normalized spacial score (nSPS) is 11.0. The van der Waals surface area contributed by atoms with E-state index in [-0.39, 0.29) is 18.2 Å². The first-order valence-corrected chi connectivity index (χ1v) is 9.41. The fraction of sp³-hybridized carbons (Fsp3) is 0.150. The Morgan fingerprint density at radius 2 is 1.85 bits per heavy atom. The summed E-state index contributed by atoms with van der Waals surface area (Å²) in [6.07, 6.45) is 2.55. The Kier molecular flexibility index (Phi) is 4.60. The van der Waals surface area contributed by atoms with Gasteiger partial charge in [-0.15, -0.1) is 11.3 Å². The number of nitrogens with one attached hydrogen (secondary N) is 2. The largest absolute Gasteiger partial charge is 0.350 e. The van der Waals surface area contributed by atoms with Crippen LogP contribution in [-0.4, -0.2) is 21.4 Å². The van der Waals surface area contributed by atoms with Gasteiger partial charge in [-0.25, -0.2) is 4.98 Å². The molecule has 0 bridgehead atoms. The molecule has 0 aliphatic rings. The van der Waals surface area contributed by atoms with E-state index in [4.69, 9.17) is 0 Å². The number of hydrogen-bond acceptors (Lipinski definition) is 4. The molecular formula is C20H18N4O2S. The zero-order valence-electron chi connectivity index (χ0n) is 14.7. The first-order valence-electron chi connectivity index (χ1n) is 8.59. The van der Waals surface area contributed by atoms with Crippen LogP contribution < -0.4 is 10.9 Å². The van der Waals surface area contributed by atoms with Gasteiger partial charge in [-0.05, 0) is 18.2 Å². The lowest BCUT2D eigenvalue weighted by Crippen LogP contribution is -2.41. The highest BCUT2D eigenvalue weighted by atomic mass is 32.1. The van der Waals surface area contributed by atoms with E-state index in [1.54, 1.807) is 17.5 Å². The Hall–Kier alpha value is -3.19. The lowest BCUT2D eigenvalue weighted by Gasteiger charge is -2.06. The summed E-state index contributed by atoms with van der Waals surface area (Å²) in [5.41, 5.74) is 7.42. The average molecular weight is 378 g/mol. The zero-order chi connectivity index (χ0) is 18.8. The Bertz CT molecular complexity index is 1110. The van der Waals surface area contributed by atoms with Crippen LogP contribution in [0.4, 0.5) is 0 Å². The van der Waals surface area contributed by atoms with Crippen LogP contribution in [0.5, 0.6) is 0 Å². The number of carbonyl (C=O) groups excluding carboxylic acids is 2. The topological polar surface area (TPSA) is 76.0 Å². The third-order valence-electron chi connectivity index (χ3n) is 4.36. The van der Waals surface area contributed by atoms with E-state index < -0.39 is 0 Å². The average Bonchev–Trinajstić information content (AvgIpc) is 3.25. The van der Waals surface area contributed by atoms with Crippen molar-refractivity contribution < 1.29 is 9.59 Å². The van der Waals surface area contributed by atoms with Gasteiger partial charge in [-0.3, -0.25) is 20.4 Å². The number of thiazole rings is 1. The highest BCUT2D eigenvalue weighted by Gasteiger charge is 2.14. The Balaban J connectivity index is 1.35. The SMILES string of the molecule is Cn1cc(C(=O)NNC(=O)CCc2nc3ccccc3s2)c2ccccc21. The van der Waals surface area contributed by atoms with Gasteiger partial charge >= 0.3 is 0 Å². The molecule has 0 unspecified atom stereocenters. The van der Waals surface area contributed by atoms with E-state index in [0.717, 1.165) is 26.1 Å². The van der Waals surface area contributed by atoms with Crippen molar-refractivity contribution in [3.63, 3.8) is 0 Å². The standard InChI is InChI=1S/C20H18N4O2S/c1-24-12-14(13-6-2-4-8-16(13)24)20(26)23-22-18(25)10-11-19-21-15-7-3-5-9-17(15)27-19/h2-9,12H,10-11H2,1H3,(H,22,25)(H,23,26). The maximum absolute atomic E-state index is 12.4. The predicted octanol–water partition coefficient (Wildman–Crippen LogP) is 3.18. The maximum atomic E-state index is 12.4. The summed E-state index contributed by atoms with van der Waals surface area (Å²) in [6, 6.07) is 15.5. The minimum absolute atomic E-state index is 0.247. The second kappa shape index (κ2) is 7.20. The van der Waals surface area contributed by atoms with Gasteiger partial charge in [0.2, 0.25) is 5.91 Å². The first kappa shape index (κ1) is 17.2. The smallest absolute Gasteiger partial charge is 0.271 e. The number of amides is 2. The van der Waals surface area contributed by atoms with Gasteiger partial charge in [-0.1, -0.05) is 30.3 Å². The molecule has 0 spiro atoms. The molecule has 27 heavy (non-hydrogen) atoms. The van der Waals surface area contributed by atoms with Gasteiger partial charge < -0.3 is 4.57 Å². The summed E-state index contributed by atoms with van der Waals surface area (Å²) in [5, 5.41) is 1.76. The minimum atomic E-state index is -0.333.